The monoisotopic (exact) mass is 295 g/mol. The zero-order chi connectivity index (χ0) is 13.7. The molecule has 0 saturated heterocycles. The van der Waals surface area contributed by atoms with Crippen molar-refractivity contribution in [2.75, 3.05) is 6.61 Å². The van der Waals surface area contributed by atoms with Crippen LogP contribution in [0.25, 0.3) is 0 Å². The molecule has 2 nitrogen and oxygen atoms in total. The van der Waals surface area contributed by atoms with Gasteiger partial charge in [-0.3, -0.25) is 0 Å². The van der Waals surface area contributed by atoms with Gasteiger partial charge in [0.15, 0.2) is 0 Å². The number of halogens is 1. The van der Waals surface area contributed by atoms with Crippen LogP contribution in [0, 0.1) is 13.8 Å². The van der Waals surface area contributed by atoms with Crippen molar-refractivity contribution in [1.82, 2.24) is 4.98 Å². The van der Waals surface area contributed by atoms with Gasteiger partial charge >= 0.3 is 0 Å². The zero-order valence-electron chi connectivity index (χ0n) is 11.3. The van der Waals surface area contributed by atoms with Crippen molar-refractivity contribution in [2.24, 2.45) is 0 Å². The minimum atomic E-state index is 0.496. The van der Waals surface area contributed by atoms with Crippen LogP contribution in [0.15, 0.2) is 23.6 Å². The highest BCUT2D eigenvalue weighted by atomic mass is 35.5. The number of hydrogen-bond acceptors (Lipinski definition) is 3. The minimum absolute atomic E-state index is 0.496. The maximum absolute atomic E-state index is 5.82. The first-order chi connectivity index (χ1) is 9.19. The highest BCUT2D eigenvalue weighted by Gasteiger charge is 2.03. The number of aryl methyl sites for hydroxylation is 3. The van der Waals surface area contributed by atoms with Crippen LogP contribution >= 0.6 is 22.9 Å². The highest BCUT2D eigenvalue weighted by Crippen LogP contribution is 2.19. The third-order valence-corrected chi connectivity index (χ3v) is 4.10. The molecule has 19 heavy (non-hydrogen) atoms. The predicted octanol–water partition coefficient (Wildman–Crippen LogP) is 4.51. The van der Waals surface area contributed by atoms with Crippen molar-refractivity contribution in [2.45, 2.75) is 32.6 Å². The lowest BCUT2D eigenvalue weighted by molar-refractivity contribution is 0.308. The molecule has 2 aromatic rings. The molecule has 0 radical (unpaired) electrons. The largest absolute Gasteiger partial charge is 0.493 e. The van der Waals surface area contributed by atoms with E-state index in [1.807, 2.05) is 5.38 Å². The second kappa shape index (κ2) is 6.92. The summed E-state index contributed by atoms with van der Waals surface area (Å²) in [6.45, 7) is 4.87. The highest BCUT2D eigenvalue weighted by molar-refractivity contribution is 7.09. The molecule has 0 bridgehead atoms. The Morgan fingerprint density at radius 1 is 1.32 bits per heavy atom. The normalized spacial score (nSPS) is 10.7. The summed E-state index contributed by atoms with van der Waals surface area (Å²) in [6, 6.07) is 6.29. The van der Waals surface area contributed by atoms with E-state index in [0.717, 1.165) is 35.9 Å². The van der Waals surface area contributed by atoms with Crippen molar-refractivity contribution in [1.29, 1.82) is 0 Å². The average Bonchev–Trinajstić information content (AvgIpc) is 2.86. The fourth-order valence-corrected chi connectivity index (χ4v) is 2.86. The summed E-state index contributed by atoms with van der Waals surface area (Å²) in [6.07, 6.45) is 1.93. The third kappa shape index (κ3) is 4.22. The molecule has 0 fully saturated rings. The maximum Gasteiger partial charge on any atom is 0.122 e. The molecule has 0 atom stereocenters. The summed E-state index contributed by atoms with van der Waals surface area (Å²) in [7, 11) is 0. The summed E-state index contributed by atoms with van der Waals surface area (Å²) < 4.78 is 5.82. The molecular weight excluding hydrogens is 278 g/mol. The molecule has 2 rings (SSSR count). The van der Waals surface area contributed by atoms with Gasteiger partial charge in [0.1, 0.15) is 5.75 Å². The van der Waals surface area contributed by atoms with Crippen molar-refractivity contribution in [3.8, 4) is 5.75 Å². The number of ether oxygens (including phenoxy) is 1. The molecule has 102 valence electrons. The van der Waals surface area contributed by atoms with Gasteiger partial charge in [-0.2, -0.15) is 0 Å². The van der Waals surface area contributed by atoms with Gasteiger partial charge in [0, 0.05) is 11.8 Å². The number of alkyl halides is 1. The van der Waals surface area contributed by atoms with E-state index in [0.29, 0.717) is 5.88 Å². The number of hydrogen-bond donors (Lipinski definition) is 0. The van der Waals surface area contributed by atoms with Crippen molar-refractivity contribution in [3.05, 3.63) is 45.4 Å². The van der Waals surface area contributed by atoms with Crippen LogP contribution < -0.4 is 4.74 Å². The number of benzene rings is 1. The Morgan fingerprint density at radius 2 is 2.16 bits per heavy atom. The molecule has 0 amide bonds. The van der Waals surface area contributed by atoms with Crippen molar-refractivity contribution in [3.63, 3.8) is 0 Å². The van der Waals surface area contributed by atoms with Gasteiger partial charge in [0.25, 0.3) is 0 Å². The number of rotatable bonds is 6. The van der Waals surface area contributed by atoms with Crippen molar-refractivity contribution >= 4 is 22.9 Å². The Kier molecular flexibility index (Phi) is 5.23. The first kappa shape index (κ1) is 14.4. The number of nitrogens with zero attached hydrogens (tertiary/aromatic N) is 1. The van der Waals surface area contributed by atoms with Gasteiger partial charge in [-0.15, -0.1) is 22.9 Å². The predicted molar refractivity (Wildman–Crippen MR) is 81.4 cm³/mol. The van der Waals surface area contributed by atoms with Crippen LogP contribution in [-0.2, 0) is 12.3 Å². The van der Waals surface area contributed by atoms with Crippen LogP contribution in [0.2, 0.25) is 0 Å². The molecular formula is C15H18ClNOS. The second-order valence-electron chi connectivity index (χ2n) is 4.59. The van der Waals surface area contributed by atoms with E-state index in [2.05, 4.69) is 37.0 Å². The summed E-state index contributed by atoms with van der Waals surface area (Å²) in [5, 5.41) is 3.16. The Morgan fingerprint density at radius 3 is 2.89 bits per heavy atom. The van der Waals surface area contributed by atoms with E-state index in [1.165, 1.54) is 11.1 Å². The molecule has 0 aliphatic carbocycles. The van der Waals surface area contributed by atoms with E-state index in [4.69, 9.17) is 16.3 Å². The summed E-state index contributed by atoms with van der Waals surface area (Å²) in [4.78, 5) is 4.44. The lowest BCUT2D eigenvalue weighted by Crippen LogP contribution is -2.01. The Hall–Kier alpha value is -1.06. The van der Waals surface area contributed by atoms with E-state index >= 15 is 0 Å². The lowest BCUT2D eigenvalue weighted by Gasteiger charge is -2.09. The van der Waals surface area contributed by atoms with Gasteiger partial charge in [0.05, 0.1) is 23.2 Å². The molecule has 1 aromatic carbocycles. The Bertz CT molecular complexity index is 539. The van der Waals surface area contributed by atoms with Gasteiger partial charge in [-0.25, -0.2) is 4.98 Å². The summed E-state index contributed by atoms with van der Waals surface area (Å²) in [5.74, 6) is 1.48. The number of thiazole rings is 1. The van der Waals surface area contributed by atoms with Crippen LogP contribution in [-0.4, -0.2) is 11.6 Å². The maximum atomic E-state index is 5.82. The van der Waals surface area contributed by atoms with Gasteiger partial charge in [-0.1, -0.05) is 12.1 Å². The van der Waals surface area contributed by atoms with E-state index in [9.17, 15) is 0 Å². The molecule has 0 saturated carbocycles. The number of aromatic nitrogens is 1. The third-order valence-electron chi connectivity index (χ3n) is 2.87. The van der Waals surface area contributed by atoms with E-state index in [-0.39, 0.29) is 0 Å². The molecule has 0 aliphatic rings. The molecule has 1 aromatic heterocycles. The van der Waals surface area contributed by atoms with E-state index < -0.39 is 0 Å². The lowest BCUT2D eigenvalue weighted by atomic mass is 10.1. The smallest absolute Gasteiger partial charge is 0.122 e. The van der Waals surface area contributed by atoms with Crippen LogP contribution in [0.3, 0.4) is 0 Å². The summed E-state index contributed by atoms with van der Waals surface area (Å²) in [5.41, 5.74) is 3.38. The van der Waals surface area contributed by atoms with Crippen LogP contribution in [0.4, 0.5) is 0 Å². The SMILES string of the molecule is Cc1ccc(C)c(OCCCc2nc(CCl)cs2)c1. The first-order valence-electron chi connectivity index (χ1n) is 6.38. The van der Waals surface area contributed by atoms with Crippen LogP contribution in [0.5, 0.6) is 5.75 Å². The van der Waals surface area contributed by atoms with Gasteiger partial charge in [0.2, 0.25) is 0 Å². The van der Waals surface area contributed by atoms with Gasteiger partial charge in [-0.05, 0) is 37.5 Å². The zero-order valence-corrected chi connectivity index (χ0v) is 12.9. The molecule has 0 aliphatic heterocycles. The van der Waals surface area contributed by atoms with Crippen LogP contribution in [0.1, 0.15) is 28.2 Å². The first-order valence-corrected chi connectivity index (χ1v) is 7.80. The second-order valence-corrected chi connectivity index (χ2v) is 5.80. The fraction of sp³-hybridized carbons (Fsp3) is 0.400. The molecule has 0 N–H and O–H groups in total. The molecule has 1 heterocycles. The topological polar surface area (TPSA) is 22.1 Å². The molecule has 4 heteroatoms. The molecule has 0 unspecified atom stereocenters. The quantitative estimate of drug-likeness (QED) is 0.578. The van der Waals surface area contributed by atoms with E-state index in [1.54, 1.807) is 11.3 Å². The fourth-order valence-electron chi connectivity index (χ4n) is 1.79. The Balaban J connectivity index is 1.79. The summed E-state index contributed by atoms with van der Waals surface area (Å²) >= 11 is 7.41. The minimum Gasteiger partial charge on any atom is -0.493 e. The Labute approximate surface area is 123 Å². The van der Waals surface area contributed by atoms with Gasteiger partial charge < -0.3 is 4.74 Å². The standard InChI is InChI=1S/C15H18ClNOS/c1-11-5-6-12(2)14(8-11)18-7-3-4-15-17-13(9-16)10-19-15/h5-6,8,10H,3-4,7,9H2,1-2H3. The van der Waals surface area contributed by atoms with Crippen molar-refractivity contribution < 1.29 is 4.74 Å². The average molecular weight is 296 g/mol. The molecule has 0 spiro atoms.